The van der Waals surface area contributed by atoms with Crippen molar-refractivity contribution in [2.75, 3.05) is 17.6 Å². The summed E-state index contributed by atoms with van der Waals surface area (Å²) in [5, 5.41) is 9.77. The van der Waals surface area contributed by atoms with Gasteiger partial charge in [0, 0.05) is 23.2 Å². The van der Waals surface area contributed by atoms with Crippen LogP contribution in [-0.4, -0.2) is 36.6 Å². The number of carbonyl (C=O) groups is 1. The van der Waals surface area contributed by atoms with Crippen molar-refractivity contribution in [1.82, 2.24) is 9.97 Å². The first kappa shape index (κ1) is 22.9. The Balaban J connectivity index is 1.77. The van der Waals surface area contributed by atoms with Crippen molar-refractivity contribution >= 4 is 38.4 Å². The summed E-state index contributed by atoms with van der Waals surface area (Å²) in [6.07, 6.45) is 1.42. The van der Waals surface area contributed by atoms with E-state index >= 15 is 0 Å². The third kappa shape index (κ3) is 4.30. The van der Waals surface area contributed by atoms with E-state index in [0.29, 0.717) is 28.1 Å². The molecule has 0 amide bonds. The van der Waals surface area contributed by atoms with Crippen molar-refractivity contribution in [3.8, 4) is 17.0 Å². The lowest BCUT2D eigenvalue weighted by Crippen LogP contribution is -2.15. The number of benzene rings is 2. The number of nitrogens with two attached hydrogens (primary N) is 1. The van der Waals surface area contributed by atoms with Crippen molar-refractivity contribution in [3.05, 3.63) is 71.9 Å². The Morgan fingerprint density at radius 1 is 1.09 bits per heavy atom. The zero-order chi connectivity index (χ0) is 24.6. The van der Waals surface area contributed by atoms with E-state index < -0.39 is 32.5 Å². The average Bonchev–Trinajstić information content (AvgIpc) is 2.77. The number of aromatic carboxylic acids is 1. The van der Waals surface area contributed by atoms with Crippen molar-refractivity contribution in [2.24, 2.45) is 0 Å². The molecule has 4 aromatic rings. The molecule has 0 unspecified atom stereocenters. The molecule has 0 atom stereocenters. The number of nitrogens with zero attached hydrogens (tertiary/aromatic N) is 2. The third-order valence-electron chi connectivity index (χ3n) is 4.88. The van der Waals surface area contributed by atoms with Crippen LogP contribution in [0.5, 0.6) is 5.88 Å². The highest BCUT2D eigenvalue weighted by Crippen LogP contribution is 2.32. The molecule has 0 aliphatic rings. The highest BCUT2D eigenvalue weighted by molar-refractivity contribution is 7.92. The Kier molecular flexibility index (Phi) is 5.75. The van der Waals surface area contributed by atoms with Gasteiger partial charge in [-0.2, -0.15) is 0 Å². The number of methoxy groups -OCH3 is 1. The van der Waals surface area contributed by atoms with Gasteiger partial charge in [0.15, 0.2) is 0 Å². The SMILES string of the molecule is COc1ncc(-c2ccc3nc(N)c(C(=O)O)cc3c2)cc1NS(=O)(=O)c1ccc(F)cc1F. The number of rotatable bonds is 6. The van der Waals surface area contributed by atoms with Crippen molar-refractivity contribution in [3.63, 3.8) is 0 Å². The van der Waals surface area contributed by atoms with E-state index in [0.717, 1.165) is 12.1 Å². The quantitative estimate of drug-likeness (QED) is 0.374. The molecule has 2 heterocycles. The standard InChI is InChI=1S/C22H16F2N4O5S/c1-33-21-18(28-34(31,32)19-5-3-14(23)9-16(19)24)8-13(10-26-21)11-2-4-17-12(6-11)7-15(22(29)30)20(25)27-17/h2-10,28H,1H3,(H2,25,27)(H,29,30). The molecule has 2 aromatic carbocycles. The number of hydrogen-bond acceptors (Lipinski definition) is 7. The minimum atomic E-state index is -4.45. The molecule has 4 N–H and O–H groups in total. The Morgan fingerprint density at radius 3 is 2.53 bits per heavy atom. The molecule has 0 saturated heterocycles. The van der Waals surface area contributed by atoms with Gasteiger partial charge in [0.1, 0.15) is 33.6 Å². The van der Waals surface area contributed by atoms with E-state index in [9.17, 15) is 27.1 Å². The number of fused-ring (bicyclic) bond motifs is 1. The number of halogens is 2. The average molecular weight is 486 g/mol. The molecule has 174 valence electrons. The molecule has 12 heteroatoms. The Morgan fingerprint density at radius 2 is 1.85 bits per heavy atom. The summed E-state index contributed by atoms with van der Waals surface area (Å²) >= 11 is 0. The second kappa shape index (κ2) is 8.56. The number of sulfonamides is 1. The lowest BCUT2D eigenvalue weighted by Gasteiger charge is -2.13. The molecule has 0 radical (unpaired) electrons. The number of ether oxygens (including phenoxy) is 1. The predicted octanol–water partition coefficient (Wildman–Crippen LogP) is 3.66. The zero-order valence-corrected chi connectivity index (χ0v) is 18.2. The number of nitrogens with one attached hydrogen (secondary N) is 1. The Labute approximate surface area is 191 Å². The Hall–Kier alpha value is -4.32. The lowest BCUT2D eigenvalue weighted by atomic mass is 10.0. The molecule has 2 aromatic heterocycles. The highest BCUT2D eigenvalue weighted by Gasteiger charge is 2.22. The maximum atomic E-state index is 14.1. The number of aromatic nitrogens is 2. The summed E-state index contributed by atoms with van der Waals surface area (Å²) in [5.41, 5.74) is 6.89. The zero-order valence-electron chi connectivity index (χ0n) is 17.4. The fourth-order valence-electron chi connectivity index (χ4n) is 3.28. The molecule has 0 fully saturated rings. The van der Waals surface area contributed by atoms with Crippen LogP contribution in [0.2, 0.25) is 0 Å². The van der Waals surface area contributed by atoms with Gasteiger partial charge in [-0.1, -0.05) is 6.07 Å². The maximum Gasteiger partial charge on any atom is 0.339 e. The number of anilines is 2. The summed E-state index contributed by atoms with van der Waals surface area (Å²) in [6, 6.07) is 9.79. The van der Waals surface area contributed by atoms with Gasteiger partial charge in [0.2, 0.25) is 5.88 Å². The van der Waals surface area contributed by atoms with Crippen LogP contribution in [0.4, 0.5) is 20.3 Å². The fraction of sp³-hybridized carbons (Fsp3) is 0.0455. The van der Waals surface area contributed by atoms with Crippen LogP contribution in [0.3, 0.4) is 0 Å². The first-order valence-corrected chi connectivity index (χ1v) is 11.0. The van der Waals surface area contributed by atoms with Gasteiger partial charge in [-0.25, -0.2) is 32.0 Å². The molecule has 9 nitrogen and oxygen atoms in total. The monoisotopic (exact) mass is 486 g/mol. The summed E-state index contributed by atoms with van der Waals surface area (Å²) in [5.74, 6) is -3.61. The molecule has 34 heavy (non-hydrogen) atoms. The van der Waals surface area contributed by atoms with Gasteiger partial charge in [0.05, 0.1) is 12.6 Å². The van der Waals surface area contributed by atoms with E-state index in [1.54, 1.807) is 18.2 Å². The third-order valence-corrected chi connectivity index (χ3v) is 6.28. The van der Waals surface area contributed by atoms with Crippen LogP contribution in [0.25, 0.3) is 22.0 Å². The molecular formula is C22H16F2N4O5S. The minimum absolute atomic E-state index is 0.0850. The number of carboxylic acid groups (broad SMARTS) is 1. The predicted molar refractivity (Wildman–Crippen MR) is 120 cm³/mol. The maximum absolute atomic E-state index is 14.1. The van der Waals surface area contributed by atoms with Gasteiger partial charge in [-0.3, -0.25) is 4.72 Å². The van der Waals surface area contributed by atoms with E-state index in [2.05, 4.69) is 14.7 Å². The van der Waals surface area contributed by atoms with Crippen LogP contribution >= 0.6 is 0 Å². The number of hydrogen-bond donors (Lipinski definition) is 3. The van der Waals surface area contributed by atoms with Crippen LogP contribution < -0.4 is 15.2 Å². The van der Waals surface area contributed by atoms with E-state index in [4.69, 9.17) is 10.5 Å². The summed E-state index contributed by atoms with van der Waals surface area (Å²) in [7, 11) is -3.17. The largest absolute Gasteiger partial charge is 0.480 e. The molecule has 0 aliphatic carbocycles. The van der Waals surface area contributed by atoms with Gasteiger partial charge < -0.3 is 15.6 Å². The second-order valence-corrected chi connectivity index (χ2v) is 8.75. The highest BCUT2D eigenvalue weighted by atomic mass is 32.2. The van der Waals surface area contributed by atoms with Crippen LogP contribution in [0, 0.1) is 11.6 Å². The van der Waals surface area contributed by atoms with Crippen LogP contribution in [-0.2, 0) is 10.0 Å². The van der Waals surface area contributed by atoms with Crippen molar-refractivity contribution in [1.29, 1.82) is 0 Å². The molecule has 0 bridgehead atoms. The topological polar surface area (TPSA) is 144 Å². The molecule has 0 aliphatic heterocycles. The summed E-state index contributed by atoms with van der Waals surface area (Å²) in [6.45, 7) is 0. The van der Waals surface area contributed by atoms with Crippen molar-refractivity contribution in [2.45, 2.75) is 4.90 Å². The number of pyridine rings is 2. The van der Waals surface area contributed by atoms with Gasteiger partial charge in [-0.05, 0) is 42.0 Å². The van der Waals surface area contributed by atoms with E-state index in [-0.39, 0.29) is 22.9 Å². The normalized spacial score (nSPS) is 11.4. The lowest BCUT2D eigenvalue weighted by molar-refractivity contribution is 0.0698. The smallest absolute Gasteiger partial charge is 0.339 e. The molecule has 4 rings (SSSR count). The van der Waals surface area contributed by atoms with Crippen molar-refractivity contribution < 1.29 is 31.8 Å². The van der Waals surface area contributed by atoms with E-state index in [1.165, 1.54) is 25.4 Å². The minimum Gasteiger partial charge on any atom is -0.480 e. The molecular weight excluding hydrogens is 470 g/mol. The Bertz CT molecular complexity index is 1560. The second-order valence-electron chi connectivity index (χ2n) is 7.09. The van der Waals surface area contributed by atoms with Gasteiger partial charge in [0.25, 0.3) is 10.0 Å². The summed E-state index contributed by atoms with van der Waals surface area (Å²) < 4.78 is 60.0. The first-order valence-electron chi connectivity index (χ1n) is 9.55. The van der Waals surface area contributed by atoms with Crippen LogP contribution in [0.15, 0.2) is 59.6 Å². The van der Waals surface area contributed by atoms with Gasteiger partial charge >= 0.3 is 5.97 Å². The first-order chi connectivity index (χ1) is 16.1. The fourth-order valence-corrected chi connectivity index (χ4v) is 4.39. The summed E-state index contributed by atoms with van der Waals surface area (Å²) in [4.78, 5) is 18.8. The number of carboxylic acids is 1. The number of nitrogen functional groups attached to an aromatic ring is 1. The molecule has 0 saturated carbocycles. The van der Waals surface area contributed by atoms with Gasteiger partial charge in [-0.15, -0.1) is 0 Å². The van der Waals surface area contributed by atoms with Crippen LogP contribution in [0.1, 0.15) is 10.4 Å². The van der Waals surface area contributed by atoms with E-state index in [1.807, 2.05) is 0 Å². The molecule has 0 spiro atoms.